The molecule has 1 aromatic rings. The number of carboxylic acid groups (broad SMARTS) is 1. The van der Waals surface area contributed by atoms with Crippen molar-refractivity contribution in [3.05, 3.63) is 34.9 Å². The smallest absolute Gasteiger partial charge is 0.320 e. The fourth-order valence-electron chi connectivity index (χ4n) is 3.21. The topological polar surface area (TPSA) is 40.5 Å². The molecule has 0 saturated carbocycles. The molecule has 3 nitrogen and oxygen atoms in total. The fourth-order valence-corrected chi connectivity index (χ4v) is 3.21. The van der Waals surface area contributed by atoms with Crippen molar-refractivity contribution < 1.29 is 9.90 Å². The molecule has 0 spiro atoms. The van der Waals surface area contributed by atoms with E-state index in [2.05, 4.69) is 43.9 Å². The Labute approximate surface area is 121 Å². The van der Waals surface area contributed by atoms with E-state index in [0.29, 0.717) is 5.92 Å². The van der Waals surface area contributed by atoms with Gasteiger partial charge in [-0.1, -0.05) is 31.5 Å². The van der Waals surface area contributed by atoms with Crippen LogP contribution in [0.2, 0.25) is 0 Å². The first-order valence-corrected chi connectivity index (χ1v) is 7.54. The summed E-state index contributed by atoms with van der Waals surface area (Å²) in [6.07, 6.45) is 2.99. The highest BCUT2D eigenvalue weighted by molar-refractivity contribution is 5.73. The Balaban J connectivity index is 2.17. The second-order valence-electron chi connectivity index (χ2n) is 5.99. The minimum absolute atomic E-state index is 0.326. The van der Waals surface area contributed by atoms with Crippen LogP contribution in [0.15, 0.2) is 18.2 Å². The molecule has 1 aliphatic heterocycles. The molecule has 0 aliphatic carbocycles. The molecule has 1 saturated heterocycles. The van der Waals surface area contributed by atoms with E-state index in [1.54, 1.807) is 0 Å². The maximum absolute atomic E-state index is 11.5. The normalized spacial score (nSPS) is 23.8. The fraction of sp³-hybridized carbons (Fsp3) is 0.588. The van der Waals surface area contributed by atoms with E-state index in [1.807, 2.05) is 0 Å². The third-order valence-corrected chi connectivity index (χ3v) is 4.69. The number of piperidine rings is 1. The molecular formula is C17H25NO2. The molecule has 3 heteroatoms. The average molecular weight is 275 g/mol. The van der Waals surface area contributed by atoms with E-state index >= 15 is 0 Å². The quantitative estimate of drug-likeness (QED) is 0.915. The van der Waals surface area contributed by atoms with Crippen molar-refractivity contribution in [2.24, 2.45) is 5.92 Å². The Bertz CT molecular complexity index is 464. The summed E-state index contributed by atoms with van der Waals surface area (Å²) in [5.74, 6) is -0.111. The van der Waals surface area contributed by atoms with Gasteiger partial charge in [0, 0.05) is 6.54 Å². The number of rotatable bonds is 4. The molecular weight excluding hydrogens is 250 g/mol. The molecule has 2 rings (SSSR count). The van der Waals surface area contributed by atoms with Crippen LogP contribution in [0.5, 0.6) is 0 Å². The standard InChI is InChI=1S/C17H25NO2/c1-4-14-8-9-18(16(10-14)17(19)20)11-15-12(2)6-5-7-13(15)3/h5-7,14,16H,4,8-11H2,1-3H3,(H,19,20). The van der Waals surface area contributed by atoms with E-state index in [1.165, 1.54) is 16.7 Å². The molecule has 2 atom stereocenters. The van der Waals surface area contributed by atoms with Gasteiger partial charge in [-0.2, -0.15) is 0 Å². The van der Waals surface area contributed by atoms with Crippen LogP contribution in [-0.4, -0.2) is 28.6 Å². The van der Waals surface area contributed by atoms with Crippen molar-refractivity contribution in [3.8, 4) is 0 Å². The lowest BCUT2D eigenvalue weighted by molar-refractivity contribution is -0.145. The maximum Gasteiger partial charge on any atom is 0.320 e. The zero-order valence-corrected chi connectivity index (χ0v) is 12.7. The number of benzene rings is 1. The predicted molar refractivity (Wildman–Crippen MR) is 80.8 cm³/mol. The number of likely N-dealkylation sites (tertiary alicyclic amines) is 1. The van der Waals surface area contributed by atoms with Gasteiger partial charge in [0.2, 0.25) is 0 Å². The van der Waals surface area contributed by atoms with Gasteiger partial charge in [0.15, 0.2) is 0 Å². The highest BCUT2D eigenvalue weighted by Gasteiger charge is 2.32. The summed E-state index contributed by atoms with van der Waals surface area (Å²) in [4.78, 5) is 13.7. The lowest BCUT2D eigenvalue weighted by atomic mass is 9.88. The maximum atomic E-state index is 11.5. The highest BCUT2D eigenvalue weighted by atomic mass is 16.4. The van der Waals surface area contributed by atoms with Crippen LogP contribution in [0.1, 0.15) is 42.9 Å². The Kier molecular flexibility index (Phi) is 4.81. The lowest BCUT2D eigenvalue weighted by Gasteiger charge is -2.37. The highest BCUT2D eigenvalue weighted by Crippen LogP contribution is 2.28. The van der Waals surface area contributed by atoms with Crippen LogP contribution in [0.4, 0.5) is 0 Å². The minimum atomic E-state index is -0.672. The summed E-state index contributed by atoms with van der Waals surface area (Å²) in [6.45, 7) is 8.02. The molecule has 1 aliphatic rings. The predicted octanol–water partition coefficient (Wildman–Crippen LogP) is 3.38. The third-order valence-electron chi connectivity index (χ3n) is 4.69. The van der Waals surface area contributed by atoms with Crippen molar-refractivity contribution in [3.63, 3.8) is 0 Å². The zero-order chi connectivity index (χ0) is 14.7. The van der Waals surface area contributed by atoms with Gasteiger partial charge in [-0.15, -0.1) is 0 Å². The van der Waals surface area contributed by atoms with Crippen LogP contribution in [0, 0.1) is 19.8 Å². The molecule has 1 fully saturated rings. The third kappa shape index (κ3) is 3.21. The Hall–Kier alpha value is -1.35. The first-order valence-electron chi connectivity index (χ1n) is 7.54. The van der Waals surface area contributed by atoms with Gasteiger partial charge < -0.3 is 5.11 Å². The van der Waals surface area contributed by atoms with E-state index in [0.717, 1.165) is 32.4 Å². The van der Waals surface area contributed by atoms with Crippen LogP contribution >= 0.6 is 0 Å². The zero-order valence-electron chi connectivity index (χ0n) is 12.7. The summed E-state index contributed by atoms with van der Waals surface area (Å²) in [5.41, 5.74) is 3.80. The summed E-state index contributed by atoms with van der Waals surface area (Å²) >= 11 is 0. The van der Waals surface area contributed by atoms with Crippen LogP contribution in [0.3, 0.4) is 0 Å². The largest absolute Gasteiger partial charge is 0.480 e. The van der Waals surface area contributed by atoms with Gasteiger partial charge in [0.1, 0.15) is 6.04 Å². The number of aryl methyl sites for hydroxylation is 2. The van der Waals surface area contributed by atoms with Crippen LogP contribution < -0.4 is 0 Å². The van der Waals surface area contributed by atoms with Crippen LogP contribution in [-0.2, 0) is 11.3 Å². The van der Waals surface area contributed by atoms with Gasteiger partial charge in [-0.3, -0.25) is 9.69 Å². The molecule has 1 heterocycles. The molecule has 0 amide bonds. The first kappa shape index (κ1) is 15.0. The number of hydrogen-bond donors (Lipinski definition) is 1. The minimum Gasteiger partial charge on any atom is -0.480 e. The van der Waals surface area contributed by atoms with Crippen molar-refractivity contribution in [1.29, 1.82) is 0 Å². The monoisotopic (exact) mass is 275 g/mol. The number of carboxylic acids is 1. The number of hydrogen-bond acceptors (Lipinski definition) is 2. The molecule has 110 valence electrons. The number of aliphatic carboxylic acids is 1. The number of carbonyl (C=O) groups is 1. The molecule has 1 aromatic carbocycles. The summed E-state index contributed by atoms with van der Waals surface area (Å²) in [5, 5.41) is 9.50. The molecule has 2 unspecified atom stereocenters. The summed E-state index contributed by atoms with van der Waals surface area (Å²) in [7, 11) is 0. The Morgan fingerprint density at radius 1 is 1.35 bits per heavy atom. The number of nitrogens with zero attached hydrogens (tertiary/aromatic N) is 1. The van der Waals surface area contributed by atoms with Crippen molar-refractivity contribution in [1.82, 2.24) is 4.90 Å². The average Bonchev–Trinajstić information content (AvgIpc) is 2.43. The summed E-state index contributed by atoms with van der Waals surface area (Å²) in [6, 6.07) is 5.95. The van der Waals surface area contributed by atoms with Gasteiger partial charge in [-0.25, -0.2) is 0 Å². The van der Waals surface area contributed by atoms with E-state index in [9.17, 15) is 9.90 Å². The summed E-state index contributed by atoms with van der Waals surface area (Å²) < 4.78 is 0. The van der Waals surface area contributed by atoms with E-state index < -0.39 is 5.97 Å². The molecule has 0 bridgehead atoms. The Morgan fingerprint density at radius 3 is 2.55 bits per heavy atom. The second kappa shape index (κ2) is 6.40. The van der Waals surface area contributed by atoms with Gasteiger partial charge in [0.25, 0.3) is 0 Å². The van der Waals surface area contributed by atoms with Gasteiger partial charge in [0.05, 0.1) is 0 Å². The molecule has 1 N–H and O–H groups in total. The van der Waals surface area contributed by atoms with Crippen molar-refractivity contribution in [2.45, 2.75) is 52.6 Å². The van der Waals surface area contributed by atoms with E-state index in [4.69, 9.17) is 0 Å². The van der Waals surface area contributed by atoms with Crippen molar-refractivity contribution >= 4 is 5.97 Å². The molecule has 0 aromatic heterocycles. The second-order valence-corrected chi connectivity index (χ2v) is 5.99. The van der Waals surface area contributed by atoms with Crippen molar-refractivity contribution in [2.75, 3.05) is 6.54 Å². The molecule has 20 heavy (non-hydrogen) atoms. The Morgan fingerprint density at radius 2 is 2.00 bits per heavy atom. The van der Waals surface area contributed by atoms with E-state index in [-0.39, 0.29) is 6.04 Å². The first-order chi connectivity index (χ1) is 9.52. The van der Waals surface area contributed by atoms with Gasteiger partial charge >= 0.3 is 5.97 Å². The van der Waals surface area contributed by atoms with Gasteiger partial charge in [-0.05, 0) is 55.8 Å². The lowest BCUT2D eigenvalue weighted by Crippen LogP contribution is -2.46. The van der Waals surface area contributed by atoms with Crippen LogP contribution in [0.25, 0.3) is 0 Å². The molecule has 0 radical (unpaired) electrons. The SMILES string of the molecule is CCC1CCN(Cc2c(C)cccc2C)C(C(=O)O)C1.